The summed E-state index contributed by atoms with van der Waals surface area (Å²) in [5, 5.41) is 1.58. The van der Waals surface area contributed by atoms with Crippen LogP contribution >= 0.6 is 7.92 Å². The predicted octanol–water partition coefficient (Wildman–Crippen LogP) is 6.88. The topological polar surface area (TPSA) is 0 Å². The molecule has 28 heavy (non-hydrogen) atoms. The maximum atomic E-state index is 3.52. The highest BCUT2D eigenvalue weighted by Crippen LogP contribution is 2.44. The van der Waals surface area contributed by atoms with Crippen molar-refractivity contribution >= 4 is 13.2 Å². The number of hydrogen-bond donors (Lipinski definition) is 0. The Morgan fingerprint density at radius 1 is 0.643 bits per heavy atom. The van der Waals surface area contributed by atoms with Crippen LogP contribution in [-0.2, 0) is 16.2 Å². The summed E-state index contributed by atoms with van der Waals surface area (Å²) in [6.07, 6.45) is 5.03. The molecule has 0 spiro atoms. The van der Waals surface area contributed by atoms with Gasteiger partial charge in [-0.05, 0) is 44.7 Å². The highest BCUT2D eigenvalue weighted by molar-refractivity contribution is 7.66. The lowest BCUT2D eigenvalue weighted by Crippen LogP contribution is -2.32. The van der Waals surface area contributed by atoms with Crippen molar-refractivity contribution in [3.8, 4) is 23.7 Å². The highest BCUT2D eigenvalue weighted by Gasteiger charge is 2.31. The summed E-state index contributed by atoms with van der Waals surface area (Å²) >= 11 is 0. The second-order valence-corrected chi connectivity index (χ2v) is 13.2. The molecule has 2 rings (SSSR count). The Morgan fingerprint density at radius 3 is 1.43 bits per heavy atom. The maximum absolute atomic E-state index is 3.52. The molecule has 1 heteroatoms. The number of rotatable bonds is 1. The van der Waals surface area contributed by atoms with Gasteiger partial charge in [0, 0.05) is 25.2 Å². The van der Waals surface area contributed by atoms with Gasteiger partial charge >= 0.3 is 0 Å². The van der Waals surface area contributed by atoms with Crippen LogP contribution < -0.4 is 5.30 Å². The zero-order chi connectivity index (χ0) is 21.2. The molecule has 0 aliphatic carbocycles. The van der Waals surface area contributed by atoms with Crippen molar-refractivity contribution in [3.63, 3.8) is 0 Å². The molecule has 0 saturated heterocycles. The van der Waals surface area contributed by atoms with Gasteiger partial charge in [0.15, 0.2) is 0 Å². The summed E-state index contributed by atoms with van der Waals surface area (Å²) in [7, 11) is -0.405. The molecule has 0 bridgehead atoms. The highest BCUT2D eigenvalue weighted by atomic mass is 31.1. The van der Waals surface area contributed by atoms with Crippen molar-refractivity contribution in [2.24, 2.45) is 0 Å². The first-order valence-electron chi connectivity index (χ1n) is 10.7. The average molecular weight is 395 g/mol. The Labute approximate surface area is 176 Å². The molecule has 0 saturated carbocycles. The largest absolute Gasteiger partial charge is 0.103 e. The van der Waals surface area contributed by atoms with Gasteiger partial charge in [-0.1, -0.05) is 94.2 Å². The summed E-state index contributed by atoms with van der Waals surface area (Å²) in [5.74, 6) is 13.8. The van der Waals surface area contributed by atoms with Crippen molar-refractivity contribution in [3.05, 3.63) is 28.8 Å². The van der Waals surface area contributed by atoms with Crippen LogP contribution in [0.5, 0.6) is 0 Å². The van der Waals surface area contributed by atoms with Crippen LogP contribution in [0.25, 0.3) is 0 Å². The van der Waals surface area contributed by atoms with Gasteiger partial charge in [0.2, 0.25) is 0 Å². The van der Waals surface area contributed by atoms with E-state index in [1.165, 1.54) is 16.7 Å². The van der Waals surface area contributed by atoms with Crippen molar-refractivity contribution in [1.29, 1.82) is 0 Å². The molecular formula is C27H39P. The van der Waals surface area contributed by atoms with E-state index < -0.39 is 7.92 Å². The van der Waals surface area contributed by atoms with Crippen LogP contribution in [0.4, 0.5) is 0 Å². The Kier molecular flexibility index (Phi) is 7.12. The molecular weight excluding hydrogens is 355 g/mol. The standard InChI is InChI=1S/C27H39P/c1-25(2,3)21-19-22(26(4,5)6)24(23(20-21)27(7,8)9)28-17-15-13-11-10-12-14-16-18-28/h19-20H,10-12,17-18H2,1-9H3. The molecule has 0 unspecified atom stereocenters. The minimum absolute atomic E-state index is 0.106. The van der Waals surface area contributed by atoms with E-state index in [-0.39, 0.29) is 16.2 Å². The molecule has 0 amide bonds. The summed E-state index contributed by atoms with van der Waals surface area (Å²) in [5.41, 5.74) is 4.82. The zero-order valence-corrected chi connectivity index (χ0v) is 20.5. The van der Waals surface area contributed by atoms with E-state index in [1.807, 2.05) is 0 Å². The molecule has 0 nitrogen and oxygen atoms in total. The molecule has 0 aromatic heterocycles. The molecule has 1 aliphatic heterocycles. The minimum atomic E-state index is -0.405. The third-order valence-corrected chi connectivity index (χ3v) is 7.50. The smallest absolute Gasteiger partial charge is 0.0341 e. The van der Waals surface area contributed by atoms with E-state index in [0.717, 1.165) is 31.6 Å². The van der Waals surface area contributed by atoms with Crippen LogP contribution in [0.1, 0.15) is 98.3 Å². The quantitative estimate of drug-likeness (QED) is 0.360. The SMILES string of the molecule is CC(C)(C)c1cc(C(C)(C)C)c(P2CC#CCCCC#CC2)c(C(C)(C)C)c1. The van der Waals surface area contributed by atoms with Crippen molar-refractivity contribution in [2.45, 2.75) is 97.8 Å². The second-order valence-electron chi connectivity index (χ2n) is 11.1. The van der Waals surface area contributed by atoms with E-state index in [4.69, 9.17) is 0 Å². The maximum Gasteiger partial charge on any atom is 0.0341 e. The normalized spacial score (nSPS) is 16.6. The second kappa shape index (κ2) is 8.64. The summed E-state index contributed by atoms with van der Waals surface area (Å²) < 4.78 is 0. The van der Waals surface area contributed by atoms with Gasteiger partial charge in [0.1, 0.15) is 0 Å². The first kappa shape index (κ1) is 23.1. The fourth-order valence-corrected chi connectivity index (χ4v) is 6.02. The lowest BCUT2D eigenvalue weighted by Gasteiger charge is -2.36. The van der Waals surface area contributed by atoms with Gasteiger partial charge in [-0.25, -0.2) is 0 Å². The third kappa shape index (κ3) is 5.88. The Balaban J connectivity index is 2.79. The summed E-state index contributed by atoms with van der Waals surface area (Å²) in [6, 6.07) is 4.99. The van der Waals surface area contributed by atoms with Gasteiger partial charge in [-0.15, -0.1) is 11.8 Å². The van der Waals surface area contributed by atoms with E-state index in [2.05, 4.69) is 98.1 Å². The van der Waals surface area contributed by atoms with E-state index in [1.54, 1.807) is 5.30 Å². The summed E-state index contributed by atoms with van der Waals surface area (Å²) in [6.45, 7) is 21.1. The molecule has 1 aromatic rings. The van der Waals surface area contributed by atoms with Gasteiger partial charge in [-0.3, -0.25) is 0 Å². The first-order valence-corrected chi connectivity index (χ1v) is 12.4. The molecule has 0 atom stereocenters. The van der Waals surface area contributed by atoms with Gasteiger partial charge in [0.25, 0.3) is 0 Å². The van der Waals surface area contributed by atoms with Crippen LogP contribution in [-0.4, -0.2) is 12.3 Å². The Bertz CT molecular complexity index is 755. The fraction of sp³-hybridized carbons (Fsp3) is 0.630. The van der Waals surface area contributed by atoms with Crippen LogP contribution in [0.2, 0.25) is 0 Å². The third-order valence-electron chi connectivity index (χ3n) is 5.30. The van der Waals surface area contributed by atoms with Crippen LogP contribution in [0.3, 0.4) is 0 Å². The van der Waals surface area contributed by atoms with Gasteiger partial charge in [-0.2, -0.15) is 0 Å². The fourth-order valence-electron chi connectivity index (χ4n) is 3.51. The van der Waals surface area contributed by atoms with Crippen molar-refractivity contribution in [2.75, 3.05) is 12.3 Å². The lowest BCUT2D eigenvalue weighted by molar-refractivity contribution is 0.553. The van der Waals surface area contributed by atoms with E-state index in [0.29, 0.717) is 0 Å². The molecule has 0 radical (unpaired) electrons. The number of benzene rings is 1. The monoisotopic (exact) mass is 394 g/mol. The Morgan fingerprint density at radius 2 is 1.07 bits per heavy atom. The predicted molar refractivity (Wildman–Crippen MR) is 128 cm³/mol. The molecule has 0 fully saturated rings. The van der Waals surface area contributed by atoms with Crippen molar-refractivity contribution < 1.29 is 0 Å². The minimum Gasteiger partial charge on any atom is -0.103 e. The molecule has 1 aromatic carbocycles. The van der Waals surface area contributed by atoms with Crippen molar-refractivity contribution in [1.82, 2.24) is 0 Å². The molecule has 1 aliphatic rings. The van der Waals surface area contributed by atoms with E-state index in [9.17, 15) is 0 Å². The number of hydrogen-bond acceptors (Lipinski definition) is 0. The van der Waals surface area contributed by atoms with E-state index >= 15 is 0 Å². The van der Waals surface area contributed by atoms with Gasteiger partial charge in [0.05, 0.1) is 0 Å². The summed E-state index contributed by atoms with van der Waals surface area (Å²) in [4.78, 5) is 0. The molecule has 152 valence electrons. The van der Waals surface area contributed by atoms with Gasteiger partial charge < -0.3 is 0 Å². The lowest BCUT2D eigenvalue weighted by atomic mass is 9.75. The first-order chi connectivity index (χ1) is 12.8. The zero-order valence-electron chi connectivity index (χ0n) is 19.6. The molecule has 0 N–H and O–H groups in total. The molecule has 1 heterocycles. The average Bonchev–Trinajstić information content (AvgIpc) is 2.56. The van der Waals surface area contributed by atoms with Crippen LogP contribution in [0.15, 0.2) is 12.1 Å². The van der Waals surface area contributed by atoms with Crippen LogP contribution in [0, 0.1) is 23.7 Å². The Hall–Kier alpha value is -1.23.